The van der Waals surface area contributed by atoms with Crippen molar-refractivity contribution in [3.63, 3.8) is 0 Å². The lowest BCUT2D eigenvalue weighted by atomic mass is 10.1. The topological polar surface area (TPSA) is 117 Å². The fourth-order valence-electron chi connectivity index (χ4n) is 2.81. The Kier molecular flexibility index (Phi) is 2.89. The third-order valence-electron chi connectivity index (χ3n) is 3.90. The van der Waals surface area contributed by atoms with Gasteiger partial charge in [0.2, 0.25) is 0 Å². The van der Waals surface area contributed by atoms with Crippen molar-refractivity contribution in [1.29, 1.82) is 0 Å². The molecule has 19 heavy (non-hydrogen) atoms. The van der Waals surface area contributed by atoms with E-state index in [1.54, 1.807) is 16.8 Å². The molecule has 1 aliphatic rings. The molecule has 2 heterocycles. The number of hydrogen-bond donors (Lipinski definition) is 4. The highest BCUT2D eigenvalue weighted by atomic mass is 16.3. The van der Waals surface area contributed by atoms with Gasteiger partial charge < -0.3 is 25.6 Å². The van der Waals surface area contributed by atoms with Gasteiger partial charge in [-0.3, -0.25) is 0 Å². The molecule has 3 rings (SSSR count). The zero-order chi connectivity index (χ0) is 13.6. The Morgan fingerprint density at radius 3 is 2.79 bits per heavy atom. The second-order valence-electron chi connectivity index (χ2n) is 4.95. The second kappa shape index (κ2) is 4.44. The predicted molar refractivity (Wildman–Crippen MR) is 68.2 cm³/mol. The molecule has 0 spiro atoms. The van der Waals surface area contributed by atoms with E-state index in [0.29, 0.717) is 17.9 Å². The van der Waals surface area contributed by atoms with E-state index in [0.717, 1.165) is 5.39 Å². The number of hydrogen-bond acceptors (Lipinski definition) is 6. The minimum atomic E-state index is -0.927. The summed E-state index contributed by atoms with van der Waals surface area (Å²) in [7, 11) is 0. The summed E-state index contributed by atoms with van der Waals surface area (Å²) in [5.74, 6) is 0.0622. The summed E-state index contributed by atoms with van der Waals surface area (Å²) in [5, 5.41) is 29.9. The molecule has 0 aromatic carbocycles. The molecule has 2 unspecified atom stereocenters. The maximum Gasteiger partial charge on any atom is 0.145 e. The summed E-state index contributed by atoms with van der Waals surface area (Å²) in [4.78, 5) is 8.09. The van der Waals surface area contributed by atoms with E-state index in [4.69, 9.17) is 5.73 Å². The number of rotatable bonds is 2. The van der Waals surface area contributed by atoms with Gasteiger partial charge in [-0.15, -0.1) is 0 Å². The Morgan fingerprint density at radius 1 is 1.32 bits per heavy atom. The normalized spacial score (nSPS) is 31.1. The van der Waals surface area contributed by atoms with Crippen LogP contribution in [0.4, 0.5) is 5.82 Å². The van der Waals surface area contributed by atoms with Gasteiger partial charge in [0.25, 0.3) is 0 Å². The van der Waals surface area contributed by atoms with Gasteiger partial charge in [-0.05, 0) is 12.5 Å². The summed E-state index contributed by atoms with van der Waals surface area (Å²) in [6.45, 7) is -0.148. The summed E-state index contributed by atoms with van der Waals surface area (Å²) in [6.07, 6.45) is 1.79. The van der Waals surface area contributed by atoms with Gasteiger partial charge in [0.15, 0.2) is 0 Å². The maximum absolute atomic E-state index is 10.1. The van der Waals surface area contributed by atoms with Crippen LogP contribution in [-0.4, -0.2) is 48.7 Å². The molecule has 7 heteroatoms. The molecule has 0 aliphatic heterocycles. The number of anilines is 1. The highest BCUT2D eigenvalue weighted by Gasteiger charge is 2.42. The quantitative estimate of drug-likeness (QED) is 0.569. The van der Waals surface area contributed by atoms with Crippen LogP contribution in [0.25, 0.3) is 11.0 Å². The standard InChI is InChI=1S/C12H16N4O3/c13-11-7-1-2-16(12(7)15-5-14-11)8-3-6(4-17)9(18)10(8)19/h1-2,5-6,8-10,17-19H,3-4H2,(H2,13,14,15)/t6-,8-,9?,10?/m1/s1. The van der Waals surface area contributed by atoms with E-state index in [1.807, 2.05) is 0 Å². The van der Waals surface area contributed by atoms with Crippen molar-refractivity contribution in [2.45, 2.75) is 24.7 Å². The summed E-state index contributed by atoms with van der Waals surface area (Å²) < 4.78 is 1.79. The lowest BCUT2D eigenvalue weighted by Crippen LogP contribution is -2.30. The summed E-state index contributed by atoms with van der Waals surface area (Å²) in [6, 6.07) is 1.47. The molecular weight excluding hydrogens is 248 g/mol. The number of fused-ring (bicyclic) bond motifs is 1. The Morgan fingerprint density at radius 2 is 2.11 bits per heavy atom. The molecule has 4 atom stereocenters. The molecule has 7 nitrogen and oxygen atoms in total. The zero-order valence-corrected chi connectivity index (χ0v) is 10.2. The molecule has 0 saturated heterocycles. The summed E-state index contributed by atoms with van der Waals surface area (Å²) >= 11 is 0. The first-order chi connectivity index (χ1) is 9.13. The van der Waals surface area contributed by atoms with Crippen molar-refractivity contribution < 1.29 is 15.3 Å². The fraction of sp³-hybridized carbons (Fsp3) is 0.500. The van der Waals surface area contributed by atoms with E-state index in [9.17, 15) is 15.3 Å². The first-order valence-electron chi connectivity index (χ1n) is 6.17. The molecule has 2 aromatic rings. The van der Waals surface area contributed by atoms with E-state index < -0.39 is 12.2 Å². The maximum atomic E-state index is 10.1. The first-order valence-corrected chi connectivity index (χ1v) is 6.17. The van der Waals surface area contributed by atoms with Gasteiger partial charge in [-0.1, -0.05) is 0 Å². The average Bonchev–Trinajstić information content (AvgIpc) is 2.94. The molecule has 1 aliphatic carbocycles. The third-order valence-corrected chi connectivity index (χ3v) is 3.90. The van der Waals surface area contributed by atoms with Gasteiger partial charge >= 0.3 is 0 Å². The fourth-order valence-corrected chi connectivity index (χ4v) is 2.81. The molecular formula is C12H16N4O3. The van der Waals surface area contributed by atoms with Crippen LogP contribution in [0.1, 0.15) is 12.5 Å². The molecule has 1 saturated carbocycles. The van der Waals surface area contributed by atoms with Crippen molar-refractivity contribution in [2.24, 2.45) is 5.92 Å². The monoisotopic (exact) mass is 264 g/mol. The third kappa shape index (κ3) is 1.78. The van der Waals surface area contributed by atoms with Crippen molar-refractivity contribution in [3.8, 4) is 0 Å². The smallest absolute Gasteiger partial charge is 0.145 e. The molecule has 2 aromatic heterocycles. The van der Waals surface area contributed by atoms with Crippen LogP contribution >= 0.6 is 0 Å². The number of nitrogens with zero attached hydrogens (tertiary/aromatic N) is 3. The highest BCUT2D eigenvalue weighted by molar-refractivity contribution is 5.86. The van der Waals surface area contributed by atoms with Crippen molar-refractivity contribution >= 4 is 16.9 Å². The largest absolute Gasteiger partial charge is 0.396 e. The number of nitrogens with two attached hydrogens (primary N) is 1. The second-order valence-corrected chi connectivity index (χ2v) is 4.95. The van der Waals surface area contributed by atoms with Crippen LogP contribution in [0.15, 0.2) is 18.6 Å². The lowest BCUT2D eigenvalue weighted by Gasteiger charge is -2.18. The van der Waals surface area contributed by atoms with Gasteiger partial charge in [-0.25, -0.2) is 9.97 Å². The van der Waals surface area contributed by atoms with E-state index >= 15 is 0 Å². The number of aromatic nitrogens is 3. The average molecular weight is 264 g/mol. The number of aliphatic hydroxyl groups excluding tert-OH is 3. The van der Waals surface area contributed by atoms with Crippen LogP contribution in [-0.2, 0) is 0 Å². The van der Waals surface area contributed by atoms with Crippen molar-refractivity contribution in [1.82, 2.24) is 14.5 Å². The minimum absolute atomic E-state index is 0.148. The van der Waals surface area contributed by atoms with Gasteiger partial charge in [-0.2, -0.15) is 0 Å². The van der Waals surface area contributed by atoms with Gasteiger partial charge in [0, 0.05) is 18.7 Å². The van der Waals surface area contributed by atoms with Gasteiger partial charge in [0.1, 0.15) is 23.9 Å². The first kappa shape index (κ1) is 12.3. The van der Waals surface area contributed by atoms with E-state index in [2.05, 4.69) is 9.97 Å². The van der Waals surface area contributed by atoms with Crippen LogP contribution in [0.3, 0.4) is 0 Å². The molecule has 0 bridgehead atoms. The number of nitrogen functional groups attached to an aromatic ring is 1. The zero-order valence-electron chi connectivity index (χ0n) is 10.2. The SMILES string of the molecule is Nc1ncnc2c1ccn2[C@@H]1C[C@H](CO)C(O)C1O. The van der Waals surface area contributed by atoms with Crippen LogP contribution in [0.2, 0.25) is 0 Å². The molecule has 0 amide bonds. The molecule has 0 radical (unpaired) electrons. The lowest BCUT2D eigenvalue weighted by molar-refractivity contribution is -0.00365. The van der Waals surface area contributed by atoms with Crippen LogP contribution in [0.5, 0.6) is 0 Å². The number of aliphatic hydroxyl groups is 3. The Labute approximate surface area is 109 Å². The Bertz CT molecular complexity index is 600. The summed E-state index contributed by atoms with van der Waals surface area (Å²) in [5.41, 5.74) is 6.39. The minimum Gasteiger partial charge on any atom is -0.396 e. The van der Waals surface area contributed by atoms with E-state index in [1.165, 1.54) is 6.33 Å². The Hall–Kier alpha value is -1.70. The van der Waals surface area contributed by atoms with Crippen molar-refractivity contribution in [2.75, 3.05) is 12.3 Å². The van der Waals surface area contributed by atoms with Gasteiger partial charge in [0.05, 0.1) is 17.5 Å². The van der Waals surface area contributed by atoms with Crippen LogP contribution in [0, 0.1) is 5.92 Å². The highest BCUT2D eigenvalue weighted by Crippen LogP contribution is 2.37. The van der Waals surface area contributed by atoms with E-state index in [-0.39, 0.29) is 18.6 Å². The van der Waals surface area contributed by atoms with Crippen LogP contribution < -0.4 is 5.73 Å². The predicted octanol–water partition coefficient (Wildman–Crippen LogP) is -0.711. The van der Waals surface area contributed by atoms with Crippen molar-refractivity contribution in [3.05, 3.63) is 18.6 Å². The Balaban J connectivity index is 2.04. The molecule has 102 valence electrons. The molecule has 5 N–H and O–H groups in total. The molecule has 1 fully saturated rings.